The van der Waals surface area contributed by atoms with Crippen molar-refractivity contribution in [3.8, 4) is 11.5 Å². The van der Waals surface area contributed by atoms with E-state index in [1.807, 2.05) is 0 Å². The zero-order chi connectivity index (χ0) is 21.7. The van der Waals surface area contributed by atoms with Crippen LogP contribution < -0.4 is 14.4 Å². The second-order valence-corrected chi connectivity index (χ2v) is 8.42. The predicted octanol–water partition coefficient (Wildman–Crippen LogP) is 3.66. The molecule has 0 N–H and O–H groups in total. The summed E-state index contributed by atoms with van der Waals surface area (Å²) >= 11 is 0. The summed E-state index contributed by atoms with van der Waals surface area (Å²) < 4.78 is 10.8. The third-order valence-electron chi connectivity index (χ3n) is 6.72. The molecule has 5 rings (SSSR count). The van der Waals surface area contributed by atoms with Crippen LogP contribution in [-0.2, 0) is 9.59 Å². The topological polar surface area (TPSA) is 72.9 Å². The highest BCUT2D eigenvalue weighted by atomic mass is 16.5. The van der Waals surface area contributed by atoms with E-state index < -0.39 is 0 Å². The Morgan fingerprint density at radius 1 is 1.03 bits per heavy atom. The molecule has 2 aromatic carbocycles. The molecule has 0 aromatic heterocycles. The van der Waals surface area contributed by atoms with Crippen molar-refractivity contribution in [2.45, 2.75) is 13.3 Å². The summed E-state index contributed by atoms with van der Waals surface area (Å²) in [6, 6.07) is 13.7. The minimum Gasteiger partial charge on any atom is -0.497 e. The van der Waals surface area contributed by atoms with Gasteiger partial charge >= 0.3 is 0 Å². The quantitative estimate of drug-likeness (QED) is 0.407. The molecule has 4 atom stereocenters. The van der Waals surface area contributed by atoms with E-state index in [-0.39, 0.29) is 47.9 Å². The summed E-state index contributed by atoms with van der Waals surface area (Å²) in [5.74, 6) is 0.433. The molecule has 0 spiro atoms. The summed E-state index contributed by atoms with van der Waals surface area (Å²) in [7, 11) is 1.55. The van der Waals surface area contributed by atoms with Crippen LogP contribution in [0.4, 0.5) is 5.69 Å². The van der Waals surface area contributed by atoms with E-state index in [0.29, 0.717) is 22.7 Å². The van der Waals surface area contributed by atoms with Crippen LogP contribution in [0.2, 0.25) is 0 Å². The number of imide groups is 1. The van der Waals surface area contributed by atoms with Crippen LogP contribution in [0, 0.1) is 23.7 Å². The fourth-order valence-corrected chi connectivity index (χ4v) is 5.27. The molecule has 1 saturated carbocycles. The monoisotopic (exact) mass is 417 g/mol. The Balaban J connectivity index is 1.31. The maximum absolute atomic E-state index is 13.1. The molecule has 31 heavy (non-hydrogen) atoms. The first-order valence-electron chi connectivity index (χ1n) is 10.4. The molecule has 6 heteroatoms. The smallest absolute Gasteiger partial charge is 0.238 e. The average Bonchev–Trinajstić information content (AvgIpc) is 3.42. The normalized spacial score (nSPS) is 26.1. The van der Waals surface area contributed by atoms with Crippen molar-refractivity contribution < 1.29 is 23.9 Å². The Morgan fingerprint density at radius 2 is 1.77 bits per heavy atom. The van der Waals surface area contributed by atoms with Crippen LogP contribution in [0.5, 0.6) is 11.5 Å². The zero-order valence-electron chi connectivity index (χ0n) is 17.4. The van der Waals surface area contributed by atoms with Gasteiger partial charge in [0.1, 0.15) is 11.5 Å². The van der Waals surface area contributed by atoms with E-state index in [0.717, 1.165) is 6.42 Å². The summed E-state index contributed by atoms with van der Waals surface area (Å²) in [5.41, 5.74) is 2.21. The number of ether oxygens (including phenoxy) is 2. The number of carbonyl (C=O) groups excluding carboxylic acids is 3. The number of hydrogen-bond donors (Lipinski definition) is 0. The zero-order valence-corrected chi connectivity index (χ0v) is 17.4. The van der Waals surface area contributed by atoms with Crippen LogP contribution in [0.3, 0.4) is 0 Å². The van der Waals surface area contributed by atoms with E-state index in [1.54, 1.807) is 55.6 Å². The third kappa shape index (κ3) is 3.14. The number of nitrogens with zero attached hydrogens (tertiary/aromatic N) is 1. The highest BCUT2D eigenvalue weighted by Gasteiger charge is 2.60. The van der Waals surface area contributed by atoms with Gasteiger partial charge in [-0.3, -0.25) is 14.4 Å². The second-order valence-electron chi connectivity index (χ2n) is 8.42. The lowest BCUT2D eigenvalue weighted by atomic mass is 9.82. The van der Waals surface area contributed by atoms with Gasteiger partial charge in [0.15, 0.2) is 12.4 Å². The van der Waals surface area contributed by atoms with Gasteiger partial charge in [-0.05, 0) is 49.4 Å². The first kappa shape index (κ1) is 19.5. The van der Waals surface area contributed by atoms with E-state index in [1.165, 1.54) is 10.5 Å². The second kappa shape index (κ2) is 7.38. The Labute approximate surface area is 180 Å². The Hall–Kier alpha value is -3.41. The number of Topliss-reactive ketones (excluding diaryl/α,β-unsaturated/α-hetero) is 1. The Kier molecular flexibility index (Phi) is 4.65. The number of allylic oxidation sites excluding steroid dienone is 2. The van der Waals surface area contributed by atoms with Gasteiger partial charge in [0.05, 0.1) is 24.6 Å². The molecule has 6 nitrogen and oxygen atoms in total. The van der Waals surface area contributed by atoms with Crippen LogP contribution in [-0.4, -0.2) is 31.3 Å². The van der Waals surface area contributed by atoms with Crippen molar-refractivity contribution in [3.63, 3.8) is 0 Å². The lowest BCUT2D eigenvalue weighted by molar-refractivity contribution is -0.123. The van der Waals surface area contributed by atoms with Gasteiger partial charge < -0.3 is 9.47 Å². The molecule has 2 aromatic rings. The minimum absolute atomic E-state index is 0.125. The molecular weight excluding hydrogens is 394 g/mol. The van der Waals surface area contributed by atoms with Crippen molar-refractivity contribution in [2.24, 2.45) is 23.7 Å². The van der Waals surface area contributed by atoms with E-state index in [9.17, 15) is 14.4 Å². The Bertz CT molecular complexity index is 1120. The van der Waals surface area contributed by atoms with Crippen molar-refractivity contribution in [3.05, 3.63) is 65.7 Å². The molecule has 3 aliphatic rings. The number of fused-ring (bicyclic) bond motifs is 5. The molecule has 2 aliphatic carbocycles. The van der Waals surface area contributed by atoms with Crippen molar-refractivity contribution in [2.75, 3.05) is 18.6 Å². The number of rotatable bonds is 6. The van der Waals surface area contributed by atoms with Gasteiger partial charge in [-0.1, -0.05) is 29.8 Å². The lowest BCUT2D eigenvalue weighted by Gasteiger charge is -2.19. The third-order valence-corrected chi connectivity index (χ3v) is 6.72. The molecule has 158 valence electrons. The molecule has 0 unspecified atom stereocenters. The van der Waals surface area contributed by atoms with Crippen LogP contribution in [0.1, 0.15) is 23.7 Å². The summed E-state index contributed by atoms with van der Waals surface area (Å²) in [5, 5.41) is 0. The maximum atomic E-state index is 13.1. The number of amides is 2. The molecule has 2 amide bonds. The van der Waals surface area contributed by atoms with Gasteiger partial charge in [0.25, 0.3) is 0 Å². The first-order chi connectivity index (χ1) is 15.0. The number of ketones is 1. The average molecular weight is 417 g/mol. The molecule has 1 saturated heterocycles. The minimum atomic E-state index is -0.250. The molecule has 1 heterocycles. The number of benzene rings is 2. The van der Waals surface area contributed by atoms with Crippen molar-refractivity contribution >= 4 is 23.3 Å². The lowest BCUT2D eigenvalue weighted by Crippen LogP contribution is -2.32. The van der Waals surface area contributed by atoms with Crippen LogP contribution in [0.15, 0.2) is 60.2 Å². The van der Waals surface area contributed by atoms with Gasteiger partial charge in [-0.25, -0.2) is 4.90 Å². The fraction of sp³-hybridized carbons (Fsp3) is 0.320. The highest BCUT2D eigenvalue weighted by Crippen LogP contribution is 2.55. The van der Waals surface area contributed by atoms with Crippen LogP contribution >= 0.6 is 0 Å². The first-order valence-corrected chi connectivity index (χ1v) is 10.4. The number of anilines is 1. The maximum Gasteiger partial charge on any atom is 0.238 e. The molecule has 2 fully saturated rings. The van der Waals surface area contributed by atoms with Crippen molar-refractivity contribution in [1.29, 1.82) is 0 Å². The SMILES string of the molecule is COc1cccc(C(=O)COc2cccc(N3C(=O)[C@H]4[C@H](C3=O)[C@H]3C[C@H]4C=C3C)c2)c1. The Morgan fingerprint density at radius 3 is 2.58 bits per heavy atom. The van der Waals surface area contributed by atoms with Gasteiger partial charge in [-0.15, -0.1) is 0 Å². The highest BCUT2D eigenvalue weighted by molar-refractivity contribution is 6.23. The van der Waals surface area contributed by atoms with E-state index >= 15 is 0 Å². The van der Waals surface area contributed by atoms with Gasteiger partial charge in [0, 0.05) is 11.6 Å². The van der Waals surface area contributed by atoms with E-state index in [4.69, 9.17) is 9.47 Å². The standard InChI is InChI=1S/C25H23NO5/c1-14-9-16-11-20(14)23-22(16)24(28)26(25(23)29)17-6-4-8-19(12-17)31-13-21(27)15-5-3-7-18(10-15)30-2/h3-10,12,16,20,22-23H,11,13H2,1-2H3/t16-,20+,22-,23-/m1/s1. The summed E-state index contributed by atoms with van der Waals surface area (Å²) in [6.07, 6.45) is 3.06. The van der Waals surface area contributed by atoms with E-state index in [2.05, 4.69) is 13.0 Å². The largest absolute Gasteiger partial charge is 0.497 e. The van der Waals surface area contributed by atoms with Gasteiger partial charge in [0.2, 0.25) is 11.8 Å². The number of carbonyl (C=O) groups is 3. The van der Waals surface area contributed by atoms with Crippen molar-refractivity contribution in [1.82, 2.24) is 0 Å². The van der Waals surface area contributed by atoms with Gasteiger partial charge in [-0.2, -0.15) is 0 Å². The molecular formula is C25H23NO5. The predicted molar refractivity (Wildman–Crippen MR) is 114 cm³/mol. The van der Waals surface area contributed by atoms with Crippen LogP contribution in [0.25, 0.3) is 0 Å². The molecule has 0 radical (unpaired) electrons. The number of hydrogen-bond acceptors (Lipinski definition) is 5. The fourth-order valence-electron chi connectivity index (χ4n) is 5.27. The summed E-state index contributed by atoms with van der Waals surface area (Å²) in [6.45, 7) is 1.89. The summed E-state index contributed by atoms with van der Waals surface area (Å²) in [4.78, 5) is 40.0. The number of methoxy groups -OCH3 is 1. The molecule has 1 aliphatic heterocycles. The molecule has 2 bridgehead atoms.